The van der Waals surface area contributed by atoms with Crippen LogP contribution in [0.4, 0.5) is 0 Å². The van der Waals surface area contributed by atoms with Crippen molar-refractivity contribution in [3.63, 3.8) is 0 Å². The van der Waals surface area contributed by atoms with Gasteiger partial charge >= 0.3 is 0 Å². The van der Waals surface area contributed by atoms with Crippen molar-refractivity contribution in [3.05, 3.63) is 0 Å². The Morgan fingerprint density at radius 2 is 1.73 bits per heavy atom. The van der Waals surface area contributed by atoms with Crippen molar-refractivity contribution in [1.82, 2.24) is 0 Å². The molecule has 0 N–H and O–H groups in total. The molecule has 11 heavy (non-hydrogen) atoms. The van der Waals surface area contributed by atoms with E-state index < -0.39 is 0 Å². The van der Waals surface area contributed by atoms with Gasteiger partial charge in [-0.25, -0.2) is 0 Å². The van der Waals surface area contributed by atoms with Crippen molar-refractivity contribution in [2.75, 3.05) is 28.8 Å². The smallest absolute Gasteiger partial charge is 0.00235 e. The Morgan fingerprint density at radius 3 is 2.36 bits per heavy atom. The molecule has 0 rings (SSSR count). The van der Waals surface area contributed by atoms with E-state index in [2.05, 4.69) is 31.3 Å². The molecule has 0 aliphatic rings. The molecule has 0 amide bonds. The molecular weight excluding hydrogens is 192 g/mol. The molecule has 0 heterocycles. The lowest BCUT2D eigenvalue weighted by Gasteiger charge is -1.99. The van der Waals surface area contributed by atoms with Crippen molar-refractivity contribution in [2.24, 2.45) is 0 Å². The SMILES string of the molecule is CCSCCSCCCCS. The van der Waals surface area contributed by atoms with Gasteiger partial charge in [0.05, 0.1) is 0 Å². The van der Waals surface area contributed by atoms with Gasteiger partial charge in [-0.05, 0) is 30.1 Å². The van der Waals surface area contributed by atoms with E-state index in [0.717, 1.165) is 5.75 Å². The van der Waals surface area contributed by atoms with Gasteiger partial charge in [0.15, 0.2) is 0 Å². The van der Waals surface area contributed by atoms with Crippen molar-refractivity contribution in [2.45, 2.75) is 19.8 Å². The molecule has 3 heteroatoms. The molecule has 0 aromatic heterocycles. The predicted octanol–water partition coefficient (Wildman–Crippen LogP) is 3.18. The van der Waals surface area contributed by atoms with Crippen molar-refractivity contribution in [3.8, 4) is 0 Å². The van der Waals surface area contributed by atoms with Gasteiger partial charge in [-0.1, -0.05) is 6.92 Å². The molecule has 0 spiro atoms. The summed E-state index contributed by atoms with van der Waals surface area (Å²) in [7, 11) is 0. The summed E-state index contributed by atoms with van der Waals surface area (Å²) in [4.78, 5) is 0. The van der Waals surface area contributed by atoms with E-state index in [1.165, 1.54) is 35.9 Å². The van der Waals surface area contributed by atoms with Crippen molar-refractivity contribution in [1.29, 1.82) is 0 Å². The first-order valence-electron chi connectivity index (χ1n) is 4.18. The molecule has 0 aliphatic heterocycles. The Labute approximate surface area is 84.7 Å². The maximum absolute atomic E-state index is 4.17. The monoisotopic (exact) mass is 210 g/mol. The minimum Gasteiger partial charge on any atom is -0.179 e. The molecule has 0 fully saturated rings. The fraction of sp³-hybridized carbons (Fsp3) is 1.00. The van der Waals surface area contributed by atoms with Gasteiger partial charge in [0.1, 0.15) is 0 Å². The number of hydrogen-bond donors (Lipinski definition) is 1. The summed E-state index contributed by atoms with van der Waals surface area (Å²) in [6, 6.07) is 0. The van der Waals surface area contributed by atoms with Crippen LogP contribution in [0.2, 0.25) is 0 Å². The predicted molar refractivity (Wildman–Crippen MR) is 63.4 cm³/mol. The van der Waals surface area contributed by atoms with Gasteiger partial charge < -0.3 is 0 Å². The number of hydrogen-bond acceptors (Lipinski definition) is 3. The summed E-state index contributed by atoms with van der Waals surface area (Å²) in [5.74, 6) is 6.28. The second-order valence-corrected chi connectivity index (χ2v) is 5.31. The van der Waals surface area contributed by atoms with Crippen molar-refractivity contribution >= 4 is 36.2 Å². The highest BCUT2D eigenvalue weighted by molar-refractivity contribution is 8.02. The fourth-order valence-corrected chi connectivity index (χ4v) is 2.75. The summed E-state index contributed by atoms with van der Waals surface area (Å²) in [6.07, 6.45) is 2.61. The van der Waals surface area contributed by atoms with Gasteiger partial charge in [0.2, 0.25) is 0 Å². The largest absolute Gasteiger partial charge is 0.179 e. The quantitative estimate of drug-likeness (QED) is 0.483. The van der Waals surface area contributed by atoms with Crippen LogP contribution < -0.4 is 0 Å². The highest BCUT2D eigenvalue weighted by atomic mass is 32.2. The van der Waals surface area contributed by atoms with Crippen LogP contribution in [0.1, 0.15) is 19.8 Å². The highest BCUT2D eigenvalue weighted by Crippen LogP contribution is 2.08. The Kier molecular flexibility index (Phi) is 12.1. The van der Waals surface area contributed by atoms with Crippen molar-refractivity contribution < 1.29 is 0 Å². The Hall–Kier alpha value is 1.05. The average molecular weight is 210 g/mol. The summed E-state index contributed by atoms with van der Waals surface area (Å²) in [6.45, 7) is 2.22. The lowest BCUT2D eigenvalue weighted by Crippen LogP contribution is -1.88. The maximum Gasteiger partial charge on any atom is 0.00235 e. The average Bonchev–Trinajstić information content (AvgIpc) is 2.03. The summed E-state index contributed by atoms with van der Waals surface area (Å²) in [5, 5.41) is 0. The van der Waals surface area contributed by atoms with E-state index in [-0.39, 0.29) is 0 Å². The minimum absolute atomic E-state index is 1.05. The third kappa shape index (κ3) is 11.0. The zero-order valence-corrected chi connectivity index (χ0v) is 9.74. The van der Waals surface area contributed by atoms with E-state index in [4.69, 9.17) is 0 Å². The van der Waals surface area contributed by atoms with Crippen LogP contribution in [-0.4, -0.2) is 28.8 Å². The Morgan fingerprint density at radius 1 is 1.00 bits per heavy atom. The zero-order chi connectivity index (χ0) is 8.36. The Bertz CT molecular complexity index is 58.4. The molecule has 0 unspecified atom stereocenters. The van der Waals surface area contributed by atoms with E-state index in [1.54, 1.807) is 0 Å². The standard InChI is InChI=1S/C8H18S3/c1-2-10-7-8-11-6-4-3-5-9/h9H,2-8H2,1H3. The molecule has 0 saturated heterocycles. The lowest BCUT2D eigenvalue weighted by molar-refractivity contribution is 0.910. The number of unbranched alkanes of at least 4 members (excludes halogenated alkanes) is 1. The summed E-state index contributed by atoms with van der Waals surface area (Å²) < 4.78 is 0. The normalized spacial score (nSPS) is 10.4. The third-order valence-corrected chi connectivity index (χ3v) is 3.82. The van der Waals surface area contributed by atoms with Crippen LogP contribution in [0.3, 0.4) is 0 Å². The van der Waals surface area contributed by atoms with Gasteiger partial charge in [-0.2, -0.15) is 36.2 Å². The van der Waals surface area contributed by atoms with E-state index in [1.807, 2.05) is 11.8 Å². The first-order valence-corrected chi connectivity index (χ1v) is 7.12. The molecule has 0 radical (unpaired) electrons. The first kappa shape index (κ1) is 12.0. The highest BCUT2D eigenvalue weighted by Gasteiger charge is 1.89. The van der Waals surface area contributed by atoms with E-state index in [0.29, 0.717) is 0 Å². The topological polar surface area (TPSA) is 0 Å². The molecule has 68 valence electrons. The molecular formula is C8H18S3. The van der Waals surface area contributed by atoms with Gasteiger partial charge in [-0.3, -0.25) is 0 Å². The number of thioether (sulfide) groups is 2. The van der Waals surface area contributed by atoms with E-state index >= 15 is 0 Å². The lowest BCUT2D eigenvalue weighted by atomic mass is 10.4. The molecule has 0 atom stereocenters. The zero-order valence-electron chi connectivity index (χ0n) is 7.21. The van der Waals surface area contributed by atoms with Gasteiger partial charge in [0, 0.05) is 11.5 Å². The van der Waals surface area contributed by atoms with Crippen LogP contribution in [0.5, 0.6) is 0 Å². The molecule has 0 saturated carbocycles. The molecule has 0 aromatic rings. The number of rotatable bonds is 8. The van der Waals surface area contributed by atoms with Crippen LogP contribution in [0.15, 0.2) is 0 Å². The molecule has 0 aromatic carbocycles. The van der Waals surface area contributed by atoms with Crippen LogP contribution in [0, 0.1) is 0 Å². The van der Waals surface area contributed by atoms with Crippen LogP contribution >= 0.6 is 36.2 Å². The van der Waals surface area contributed by atoms with Gasteiger partial charge in [-0.15, -0.1) is 0 Å². The van der Waals surface area contributed by atoms with Crippen LogP contribution in [0.25, 0.3) is 0 Å². The van der Waals surface area contributed by atoms with Gasteiger partial charge in [0.25, 0.3) is 0 Å². The summed E-state index contributed by atoms with van der Waals surface area (Å²) >= 11 is 8.28. The minimum atomic E-state index is 1.05. The first-order chi connectivity index (χ1) is 5.41. The number of thiol groups is 1. The molecule has 0 nitrogen and oxygen atoms in total. The Balaban J connectivity index is 2.69. The van der Waals surface area contributed by atoms with E-state index in [9.17, 15) is 0 Å². The molecule has 0 bridgehead atoms. The second-order valence-electron chi connectivity index (χ2n) is 2.24. The maximum atomic E-state index is 4.17. The molecule has 0 aliphatic carbocycles. The van der Waals surface area contributed by atoms with Crippen LogP contribution in [-0.2, 0) is 0 Å². The third-order valence-electron chi connectivity index (χ3n) is 1.27. The summed E-state index contributed by atoms with van der Waals surface area (Å²) in [5.41, 5.74) is 0. The fourth-order valence-electron chi connectivity index (χ4n) is 0.680. The second kappa shape index (κ2) is 11.1.